The van der Waals surface area contributed by atoms with Crippen LogP contribution in [0.1, 0.15) is 38.0 Å². The lowest BCUT2D eigenvalue weighted by atomic mass is 9.82. The van der Waals surface area contributed by atoms with E-state index >= 15 is 0 Å². The first-order valence-corrected chi connectivity index (χ1v) is 7.10. The highest BCUT2D eigenvalue weighted by molar-refractivity contribution is 6.39. The van der Waals surface area contributed by atoms with Crippen LogP contribution < -0.4 is 0 Å². The third-order valence-corrected chi connectivity index (χ3v) is 3.93. The molecule has 1 aliphatic rings. The van der Waals surface area contributed by atoms with Gasteiger partial charge in [-0.15, -0.1) is 0 Å². The number of nitro groups is 1. The molecule has 3 rings (SSSR count). The normalized spacial score (nSPS) is 13.7. The van der Waals surface area contributed by atoms with Crippen molar-refractivity contribution in [2.75, 3.05) is 0 Å². The Hall–Kier alpha value is -3.41. The molecule has 0 radical (unpaired) electrons. The minimum atomic E-state index is -0.616. The van der Waals surface area contributed by atoms with Crippen molar-refractivity contribution >= 4 is 23.0 Å². The molecular formula is C18H11NO5. The van der Waals surface area contributed by atoms with E-state index in [9.17, 15) is 24.5 Å². The van der Waals surface area contributed by atoms with E-state index in [1.54, 1.807) is 18.2 Å². The summed E-state index contributed by atoms with van der Waals surface area (Å²) in [5.74, 6) is -1.49. The summed E-state index contributed by atoms with van der Waals surface area (Å²) >= 11 is 0. The first kappa shape index (κ1) is 15.5. The maximum Gasteiger partial charge on any atom is 0.269 e. The van der Waals surface area contributed by atoms with Crippen molar-refractivity contribution in [2.24, 2.45) is 0 Å². The van der Waals surface area contributed by atoms with Crippen molar-refractivity contribution in [1.29, 1.82) is 0 Å². The van der Waals surface area contributed by atoms with Gasteiger partial charge in [-0.2, -0.15) is 0 Å². The standard InChI is InChI=1S/C18H11NO5/c1-10-15(17(21)11-6-8-12(9-7-11)19(23)24)18(22)14-5-3-2-4-13(14)16(10)20/h2-9H,1H3. The molecule has 0 heterocycles. The van der Waals surface area contributed by atoms with Crippen LogP contribution in [0.3, 0.4) is 0 Å². The van der Waals surface area contributed by atoms with Gasteiger partial charge in [-0.1, -0.05) is 24.3 Å². The molecule has 6 heteroatoms. The van der Waals surface area contributed by atoms with Gasteiger partial charge in [0.05, 0.1) is 10.5 Å². The molecule has 0 N–H and O–H groups in total. The molecule has 0 spiro atoms. The molecule has 0 aromatic heterocycles. The summed E-state index contributed by atoms with van der Waals surface area (Å²) in [4.78, 5) is 47.8. The Bertz CT molecular complexity index is 938. The molecule has 1 aliphatic carbocycles. The lowest BCUT2D eigenvalue weighted by Crippen LogP contribution is -2.25. The summed E-state index contributed by atoms with van der Waals surface area (Å²) in [6, 6.07) is 11.3. The fourth-order valence-electron chi connectivity index (χ4n) is 2.65. The fourth-order valence-corrected chi connectivity index (χ4v) is 2.65. The third kappa shape index (κ3) is 2.34. The summed E-state index contributed by atoms with van der Waals surface area (Å²) in [5, 5.41) is 10.7. The molecule has 0 atom stereocenters. The van der Waals surface area contributed by atoms with Crippen molar-refractivity contribution in [1.82, 2.24) is 0 Å². The van der Waals surface area contributed by atoms with Gasteiger partial charge in [0.15, 0.2) is 17.3 Å². The Morgan fingerprint density at radius 2 is 1.46 bits per heavy atom. The molecule has 118 valence electrons. The zero-order valence-electron chi connectivity index (χ0n) is 12.6. The van der Waals surface area contributed by atoms with Crippen molar-refractivity contribution in [3.05, 3.63) is 86.5 Å². The monoisotopic (exact) mass is 321 g/mol. The summed E-state index contributed by atoms with van der Waals surface area (Å²) in [6.07, 6.45) is 0. The summed E-state index contributed by atoms with van der Waals surface area (Å²) in [7, 11) is 0. The van der Waals surface area contributed by atoms with Gasteiger partial charge in [0.2, 0.25) is 0 Å². The largest absolute Gasteiger partial charge is 0.289 e. The quantitative estimate of drug-likeness (QED) is 0.374. The second kappa shape index (κ2) is 5.66. The second-order valence-corrected chi connectivity index (χ2v) is 5.34. The van der Waals surface area contributed by atoms with Crippen LogP contribution >= 0.6 is 0 Å². The number of carbonyl (C=O) groups is 3. The molecule has 2 aromatic carbocycles. The number of rotatable bonds is 3. The van der Waals surface area contributed by atoms with Crippen LogP contribution in [-0.4, -0.2) is 22.3 Å². The van der Waals surface area contributed by atoms with Crippen LogP contribution in [0.15, 0.2) is 59.7 Å². The van der Waals surface area contributed by atoms with Crippen molar-refractivity contribution in [3.63, 3.8) is 0 Å². The molecular weight excluding hydrogens is 310 g/mol. The molecule has 2 aromatic rings. The van der Waals surface area contributed by atoms with E-state index in [4.69, 9.17) is 0 Å². The summed E-state index contributed by atoms with van der Waals surface area (Å²) < 4.78 is 0. The van der Waals surface area contributed by atoms with E-state index in [1.165, 1.54) is 37.3 Å². The van der Waals surface area contributed by atoms with E-state index in [0.29, 0.717) is 0 Å². The number of non-ortho nitro benzene ring substituents is 1. The van der Waals surface area contributed by atoms with Crippen LogP contribution in [-0.2, 0) is 0 Å². The van der Waals surface area contributed by atoms with E-state index in [0.717, 1.165) is 0 Å². The minimum Gasteiger partial charge on any atom is -0.289 e. The highest BCUT2D eigenvalue weighted by Gasteiger charge is 2.33. The van der Waals surface area contributed by atoms with Crippen LogP contribution in [0.25, 0.3) is 0 Å². The number of fused-ring (bicyclic) bond motifs is 1. The lowest BCUT2D eigenvalue weighted by Gasteiger charge is -2.18. The summed E-state index contributed by atoms with van der Waals surface area (Å²) in [5.41, 5.74) is 0.331. The van der Waals surface area contributed by atoms with Gasteiger partial charge in [0, 0.05) is 34.4 Å². The van der Waals surface area contributed by atoms with Crippen LogP contribution in [0.4, 0.5) is 5.69 Å². The number of ketones is 3. The number of nitro benzene ring substituents is 1. The fraction of sp³-hybridized carbons (Fsp3) is 0.0556. The number of nitrogens with zero attached hydrogens (tertiary/aromatic N) is 1. The number of benzene rings is 2. The Labute approximate surface area is 136 Å². The SMILES string of the molecule is CC1=C(C(=O)c2ccc([N+](=O)[O-])cc2)C(=O)c2ccccc2C1=O. The number of hydrogen-bond donors (Lipinski definition) is 0. The lowest BCUT2D eigenvalue weighted by molar-refractivity contribution is -0.384. The van der Waals surface area contributed by atoms with Gasteiger partial charge in [-0.3, -0.25) is 24.5 Å². The zero-order valence-corrected chi connectivity index (χ0v) is 12.6. The smallest absolute Gasteiger partial charge is 0.269 e. The van der Waals surface area contributed by atoms with E-state index in [2.05, 4.69) is 0 Å². The minimum absolute atomic E-state index is 0.0852. The first-order chi connectivity index (χ1) is 11.4. The van der Waals surface area contributed by atoms with E-state index in [-0.39, 0.29) is 39.3 Å². The summed E-state index contributed by atoms with van der Waals surface area (Å²) in [6.45, 7) is 1.44. The Kier molecular flexibility index (Phi) is 3.65. The molecule has 0 unspecified atom stereocenters. The molecule has 0 saturated heterocycles. The molecule has 6 nitrogen and oxygen atoms in total. The average molecular weight is 321 g/mol. The van der Waals surface area contributed by atoms with Gasteiger partial charge >= 0.3 is 0 Å². The maximum atomic E-state index is 12.7. The van der Waals surface area contributed by atoms with Crippen molar-refractivity contribution in [2.45, 2.75) is 6.92 Å². The maximum absolute atomic E-state index is 12.7. The van der Waals surface area contributed by atoms with Crippen molar-refractivity contribution < 1.29 is 19.3 Å². The number of allylic oxidation sites excluding steroid dienone is 2. The average Bonchev–Trinajstić information content (AvgIpc) is 2.60. The molecule has 0 bridgehead atoms. The van der Waals surface area contributed by atoms with Gasteiger partial charge in [-0.05, 0) is 19.1 Å². The van der Waals surface area contributed by atoms with E-state index in [1.807, 2.05) is 0 Å². The Balaban J connectivity index is 2.06. The zero-order chi connectivity index (χ0) is 17.4. The highest BCUT2D eigenvalue weighted by atomic mass is 16.6. The first-order valence-electron chi connectivity index (χ1n) is 7.10. The van der Waals surface area contributed by atoms with Crippen LogP contribution in [0.5, 0.6) is 0 Å². The predicted molar refractivity (Wildman–Crippen MR) is 85.2 cm³/mol. The Morgan fingerprint density at radius 1 is 0.917 bits per heavy atom. The van der Waals surface area contributed by atoms with Gasteiger partial charge in [0.25, 0.3) is 5.69 Å². The highest BCUT2D eigenvalue weighted by Crippen LogP contribution is 2.28. The number of carbonyl (C=O) groups excluding carboxylic acids is 3. The second-order valence-electron chi connectivity index (χ2n) is 5.34. The molecule has 0 aliphatic heterocycles. The number of Topliss-reactive ketones (excluding diaryl/α,β-unsaturated/α-hetero) is 3. The molecule has 0 fully saturated rings. The third-order valence-electron chi connectivity index (χ3n) is 3.93. The topological polar surface area (TPSA) is 94.3 Å². The van der Waals surface area contributed by atoms with Crippen molar-refractivity contribution in [3.8, 4) is 0 Å². The molecule has 0 amide bonds. The van der Waals surface area contributed by atoms with Gasteiger partial charge in [0.1, 0.15) is 0 Å². The van der Waals surface area contributed by atoms with E-state index < -0.39 is 16.5 Å². The van der Waals surface area contributed by atoms with Crippen LogP contribution in [0.2, 0.25) is 0 Å². The molecule has 0 saturated carbocycles. The predicted octanol–water partition coefficient (Wildman–Crippen LogP) is 3.17. The molecule has 24 heavy (non-hydrogen) atoms. The Morgan fingerprint density at radius 3 is 2.00 bits per heavy atom. The van der Waals surface area contributed by atoms with Gasteiger partial charge in [-0.25, -0.2) is 0 Å². The number of hydrogen-bond acceptors (Lipinski definition) is 5. The van der Waals surface area contributed by atoms with Crippen LogP contribution in [0, 0.1) is 10.1 Å². The van der Waals surface area contributed by atoms with Gasteiger partial charge < -0.3 is 0 Å².